The molecule has 1 aromatic heterocycles. The average Bonchev–Trinajstić information content (AvgIpc) is 2.68. The van der Waals surface area contributed by atoms with Gasteiger partial charge in [-0.05, 0) is 43.4 Å². The molecule has 1 aliphatic heterocycles. The summed E-state index contributed by atoms with van der Waals surface area (Å²) in [5.74, 6) is 0.0314. The van der Waals surface area contributed by atoms with Crippen LogP contribution in [-0.2, 0) is 26.0 Å². The lowest BCUT2D eigenvalue weighted by Crippen LogP contribution is -2.63. The minimum Gasteiger partial charge on any atom is -0.383 e. The Balaban J connectivity index is 1.73. The van der Waals surface area contributed by atoms with Gasteiger partial charge in [0.2, 0.25) is 15.9 Å². The number of ether oxygens (including phenoxy) is 1. The molecule has 3 rings (SSSR count). The van der Waals surface area contributed by atoms with Crippen LogP contribution in [0.15, 0.2) is 24.5 Å². The van der Waals surface area contributed by atoms with Crippen molar-refractivity contribution in [2.45, 2.75) is 44.6 Å². The van der Waals surface area contributed by atoms with E-state index in [-0.39, 0.29) is 17.7 Å². The fourth-order valence-electron chi connectivity index (χ4n) is 4.45. The van der Waals surface area contributed by atoms with Crippen LogP contribution in [0.25, 0.3) is 0 Å². The standard InChI is InChI=1S/C19H29N3O4S/c1-26-14-13-22-17-4-2-3-8-19(17,9-15-27(22,24)25)18(23)21-12-7-16-5-10-20-11-6-16/h5-6,10-11,17H,2-4,7-9,12-15H2,1H3,(H,21,23)/t17-,19-/m1/s1. The van der Waals surface area contributed by atoms with Gasteiger partial charge >= 0.3 is 0 Å². The summed E-state index contributed by atoms with van der Waals surface area (Å²) in [5.41, 5.74) is 0.506. The van der Waals surface area contributed by atoms with Gasteiger partial charge in [-0.1, -0.05) is 12.8 Å². The Hall–Kier alpha value is -1.51. The van der Waals surface area contributed by atoms with Crippen LogP contribution in [0.4, 0.5) is 0 Å². The lowest BCUT2D eigenvalue weighted by atomic mass is 9.67. The summed E-state index contributed by atoms with van der Waals surface area (Å²) in [6.45, 7) is 1.20. The first-order valence-corrected chi connectivity index (χ1v) is 11.3. The van der Waals surface area contributed by atoms with Crippen LogP contribution in [0.5, 0.6) is 0 Å². The third-order valence-corrected chi connectivity index (χ3v) is 7.79. The molecular weight excluding hydrogens is 366 g/mol. The van der Waals surface area contributed by atoms with E-state index in [1.165, 1.54) is 0 Å². The largest absolute Gasteiger partial charge is 0.383 e. The van der Waals surface area contributed by atoms with Crippen molar-refractivity contribution in [2.24, 2.45) is 5.41 Å². The van der Waals surface area contributed by atoms with E-state index in [9.17, 15) is 13.2 Å². The van der Waals surface area contributed by atoms with Crippen LogP contribution in [0.1, 0.15) is 37.7 Å². The quantitative estimate of drug-likeness (QED) is 0.753. The highest BCUT2D eigenvalue weighted by Crippen LogP contribution is 2.46. The molecule has 1 N–H and O–H groups in total. The number of hydrogen-bond acceptors (Lipinski definition) is 5. The van der Waals surface area contributed by atoms with Crippen molar-refractivity contribution in [3.05, 3.63) is 30.1 Å². The molecule has 2 heterocycles. The number of pyridine rings is 1. The van der Waals surface area contributed by atoms with Crippen LogP contribution in [0.2, 0.25) is 0 Å². The number of amides is 1. The van der Waals surface area contributed by atoms with E-state index in [1.807, 2.05) is 12.1 Å². The fraction of sp³-hybridized carbons (Fsp3) is 0.684. The Kier molecular flexibility index (Phi) is 6.49. The molecule has 27 heavy (non-hydrogen) atoms. The number of carbonyl (C=O) groups is 1. The molecular formula is C19H29N3O4S. The number of fused-ring (bicyclic) bond motifs is 1. The summed E-state index contributed by atoms with van der Waals surface area (Å²) in [6, 6.07) is 3.61. The van der Waals surface area contributed by atoms with Gasteiger partial charge < -0.3 is 10.1 Å². The molecule has 1 amide bonds. The second-order valence-electron chi connectivity index (χ2n) is 7.45. The van der Waals surface area contributed by atoms with E-state index in [1.54, 1.807) is 23.8 Å². The molecule has 1 aliphatic carbocycles. The van der Waals surface area contributed by atoms with Crippen LogP contribution in [0, 0.1) is 5.41 Å². The molecule has 0 bridgehead atoms. The van der Waals surface area contributed by atoms with Gasteiger partial charge in [-0.15, -0.1) is 0 Å². The lowest BCUT2D eigenvalue weighted by molar-refractivity contribution is -0.137. The summed E-state index contributed by atoms with van der Waals surface area (Å²) in [7, 11) is -1.77. The zero-order chi connectivity index (χ0) is 19.3. The number of nitrogens with zero attached hydrogens (tertiary/aromatic N) is 2. The number of methoxy groups -OCH3 is 1. The van der Waals surface area contributed by atoms with Crippen LogP contribution in [-0.4, -0.2) is 62.2 Å². The molecule has 1 saturated heterocycles. The van der Waals surface area contributed by atoms with Gasteiger partial charge in [-0.2, -0.15) is 4.31 Å². The van der Waals surface area contributed by atoms with E-state index in [2.05, 4.69) is 10.3 Å². The SMILES string of the molecule is COCCN1[C@@H]2CCCC[C@@]2(C(=O)NCCc2ccncc2)CCS1(=O)=O. The molecule has 0 radical (unpaired) electrons. The number of nitrogens with one attached hydrogen (secondary N) is 1. The number of rotatable bonds is 7. The van der Waals surface area contributed by atoms with Gasteiger partial charge in [0, 0.05) is 38.6 Å². The third kappa shape index (κ3) is 4.33. The lowest BCUT2D eigenvalue weighted by Gasteiger charge is -2.50. The number of hydrogen-bond donors (Lipinski definition) is 1. The van der Waals surface area contributed by atoms with Crippen LogP contribution < -0.4 is 5.32 Å². The number of carbonyl (C=O) groups excluding carboxylic acids is 1. The van der Waals surface area contributed by atoms with Crippen LogP contribution >= 0.6 is 0 Å². The topological polar surface area (TPSA) is 88.6 Å². The highest BCUT2D eigenvalue weighted by atomic mass is 32.2. The summed E-state index contributed by atoms with van der Waals surface area (Å²) >= 11 is 0. The molecule has 0 unspecified atom stereocenters. The predicted molar refractivity (Wildman–Crippen MR) is 103 cm³/mol. The Labute approximate surface area is 161 Å². The van der Waals surface area contributed by atoms with Crippen molar-refractivity contribution in [3.63, 3.8) is 0 Å². The maximum absolute atomic E-state index is 13.2. The molecule has 150 valence electrons. The Morgan fingerprint density at radius 1 is 1.33 bits per heavy atom. The molecule has 2 fully saturated rings. The van der Waals surface area contributed by atoms with E-state index in [0.29, 0.717) is 26.1 Å². The maximum atomic E-state index is 13.2. The number of aromatic nitrogens is 1. The molecule has 7 nitrogen and oxygen atoms in total. The van der Waals surface area contributed by atoms with Crippen LogP contribution in [0.3, 0.4) is 0 Å². The second-order valence-corrected chi connectivity index (χ2v) is 9.49. The van der Waals surface area contributed by atoms with Gasteiger partial charge in [-0.25, -0.2) is 8.42 Å². The molecule has 2 aliphatic rings. The summed E-state index contributed by atoms with van der Waals surface area (Å²) in [5, 5.41) is 3.08. The zero-order valence-corrected chi connectivity index (χ0v) is 16.7. The van der Waals surface area contributed by atoms with Gasteiger partial charge in [0.1, 0.15) is 0 Å². The zero-order valence-electron chi connectivity index (χ0n) is 15.9. The summed E-state index contributed by atoms with van der Waals surface area (Å²) in [6.07, 6.45) is 8.03. The maximum Gasteiger partial charge on any atom is 0.227 e. The molecule has 2 atom stereocenters. The Morgan fingerprint density at radius 2 is 2.11 bits per heavy atom. The molecule has 8 heteroatoms. The van der Waals surface area contributed by atoms with Crippen molar-refractivity contribution in [1.82, 2.24) is 14.6 Å². The Morgan fingerprint density at radius 3 is 2.85 bits per heavy atom. The van der Waals surface area contributed by atoms with E-state index < -0.39 is 15.4 Å². The number of sulfonamides is 1. The molecule has 1 saturated carbocycles. The smallest absolute Gasteiger partial charge is 0.227 e. The molecule has 1 aromatic rings. The van der Waals surface area contributed by atoms with Gasteiger partial charge in [0.15, 0.2) is 0 Å². The summed E-state index contributed by atoms with van der Waals surface area (Å²) in [4.78, 5) is 17.2. The molecule has 0 spiro atoms. The van der Waals surface area contributed by atoms with Gasteiger partial charge in [0.25, 0.3) is 0 Å². The molecule has 0 aromatic carbocycles. The predicted octanol–water partition coefficient (Wildman–Crippen LogP) is 1.35. The highest BCUT2D eigenvalue weighted by Gasteiger charge is 2.55. The first-order valence-electron chi connectivity index (χ1n) is 9.65. The fourth-order valence-corrected chi connectivity index (χ4v) is 6.36. The minimum absolute atomic E-state index is 0.00132. The van der Waals surface area contributed by atoms with Crippen molar-refractivity contribution in [2.75, 3.05) is 32.6 Å². The normalized spacial score (nSPS) is 27.7. The van der Waals surface area contributed by atoms with E-state index in [4.69, 9.17) is 4.74 Å². The van der Waals surface area contributed by atoms with Crippen molar-refractivity contribution in [3.8, 4) is 0 Å². The second kappa shape index (κ2) is 8.67. The van der Waals surface area contributed by atoms with E-state index >= 15 is 0 Å². The highest BCUT2D eigenvalue weighted by molar-refractivity contribution is 7.89. The summed E-state index contributed by atoms with van der Waals surface area (Å²) < 4.78 is 31.9. The monoisotopic (exact) mass is 395 g/mol. The first-order chi connectivity index (χ1) is 13.0. The van der Waals surface area contributed by atoms with Crippen molar-refractivity contribution < 1.29 is 17.9 Å². The minimum atomic E-state index is -3.33. The first kappa shape index (κ1) is 20.2. The van der Waals surface area contributed by atoms with E-state index in [0.717, 1.165) is 37.7 Å². The van der Waals surface area contributed by atoms with Gasteiger partial charge in [-0.3, -0.25) is 9.78 Å². The van der Waals surface area contributed by atoms with Gasteiger partial charge in [0.05, 0.1) is 17.8 Å². The average molecular weight is 396 g/mol. The Bertz CT molecular complexity index is 741. The van der Waals surface area contributed by atoms with Crippen molar-refractivity contribution >= 4 is 15.9 Å². The third-order valence-electron chi connectivity index (χ3n) is 5.92. The van der Waals surface area contributed by atoms with Crippen molar-refractivity contribution in [1.29, 1.82) is 0 Å².